The van der Waals surface area contributed by atoms with E-state index in [-0.39, 0.29) is 0 Å². The maximum absolute atomic E-state index is 5.69. The summed E-state index contributed by atoms with van der Waals surface area (Å²) in [6.07, 6.45) is 2.20. The third-order valence-electron chi connectivity index (χ3n) is 2.36. The molecule has 0 heterocycles. The highest BCUT2D eigenvalue weighted by Crippen LogP contribution is 2.20. The number of hydrogen-bond donors (Lipinski definition) is 1. The van der Waals surface area contributed by atoms with Gasteiger partial charge in [0.05, 0.1) is 6.61 Å². The van der Waals surface area contributed by atoms with E-state index in [1.54, 1.807) is 0 Å². The quantitative estimate of drug-likeness (QED) is 0.579. The van der Waals surface area contributed by atoms with Gasteiger partial charge in [0.2, 0.25) is 0 Å². The van der Waals surface area contributed by atoms with Gasteiger partial charge in [-0.05, 0) is 49.6 Å². The number of unbranched alkanes of at least 4 members (excludes halogenated alkanes) is 1. The number of aryl methyl sites for hydroxylation is 1. The van der Waals surface area contributed by atoms with Crippen molar-refractivity contribution in [2.24, 2.45) is 0 Å². The zero-order valence-corrected chi connectivity index (χ0v) is 9.81. The lowest BCUT2D eigenvalue weighted by Gasteiger charge is -2.10. The molecule has 1 rings (SSSR count). The lowest BCUT2D eigenvalue weighted by atomic mass is 10.1. The van der Waals surface area contributed by atoms with Crippen LogP contribution in [0.25, 0.3) is 0 Å². The molecule has 0 amide bonds. The lowest BCUT2D eigenvalue weighted by molar-refractivity contribution is 0.307. The molecule has 0 bridgehead atoms. The molecule has 0 aliphatic carbocycles. The minimum atomic E-state index is 0.796. The fraction of sp³-hybridized carbons (Fsp3) is 0.500. The van der Waals surface area contributed by atoms with Crippen molar-refractivity contribution in [1.29, 1.82) is 0 Å². The van der Waals surface area contributed by atoms with Gasteiger partial charge in [0.25, 0.3) is 0 Å². The predicted octanol–water partition coefficient (Wildman–Crippen LogP) is 3.39. The standard InChI is InChI=1S/C12H18OS/c1-10-6-5-7-12(11(10)2)13-8-3-4-9-14/h5-7,14H,3-4,8-9H2,1-2H3. The van der Waals surface area contributed by atoms with Gasteiger partial charge in [-0.1, -0.05) is 12.1 Å². The van der Waals surface area contributed by atoms with Crippen LogP contribution in [0.15, 0.2) is 18.2 Å². The predicted molar refractivity (Wildman–Crippen MR) is 64.5 cm³/mol. The van der Waals surface area contributed by atoms with E-state index in [9.17, 15) is 0 Å². The van der Waals surface area contributed by atoms with E-state index in [0.717, 1.165) is 31.0 Å². The zero-order valence-electron chi connectivity index (χ0n) is 8.92. The highest BCUT2D eigenvalue weighted by atomic mass is 32.1. The molecule has 0 unspecified atom stereocenters. The Hall–Kier alpha value is -0.630. The molecule has 0 aromatic heterocycles. The van der Waals surface area contributed by atoms with Crippen LogP contribution in [-0.2, 0) is 0 Å². The van der Waals surface area contributed by atoms with E-state index in [2.05, 4.69) is 32.5 Å². The average molecular weight is 210 g/mol. The number of thiol groups is 1. The molecular weight excluding hydrogens is 192 g/mol. The summed E-state index contributed by atoms with van der Waals surface area (Å²) in [6, 6.07) is 6.18. The fourth-order valence-electron chi connectivity index (χ4n) is 1.28. The van der Waals surface area contributed by atoms with Gasteiger partial charge in [0, 0.05) is 0 Å². The lowest BCUT2D eigenvalue weighted by Crippen LogP contribution is -1.99. The number of hydrogen-bond acceptors (Lipinski definition) is 2. The average Bonchev–Trinajstić information content (AvgIpc) is 2.19. The van der Waals surface area contributed by atoms with Crippen LogP contribution in [0.4, 0.5) is 0 Å². The van der Waals surface area contributed by atoms with Crippen molar-refractivity contribution < 1.29 is 4.74 Å². The summed E-state index contributed by atoms with van der Waals surface area (Å²) >= 11 is 4.16. The number of benzene rings is 1. The van der Waals surface area contributed by atoms with Gasteiger partial charge in [-0.15, -0.1) is 0 Å². The Morgan fingerprint density at radius 3 is 2.71 bits per heavy atom. The summed E-state index contributed by atoms with van der Waals surface area (Å²) in [6.45, 7) is 5.00. The Bertz CT molecular complexity index is 284. The minimum absolute atomic E-state index is 0.796. The molecule has 1 aromatic rings. The minimum Gasteiger partial charge on any atom is -0.493 e. The van der Waals surface area contributed by atoms with Crippen molar-refractivity contribution >= 4 is 12.6 Å². The second-order valence-corrected chi connectivity index (χ2v) is 3.92. The van der Waals surface area contributed by atoms with Crippen LogP contribution < -0.4 is 4.74 Å². The van der Waals surface area contributed by atoms with E-state index in [4.69, 9.17) is 4.74 Å². The van der Waals surface area contributed by atoms with Gasteiger partial charge in [-0.3, -0.25) is 0 Å². The first-order valence-electron chi connectivity index (χ1n) is 5.05. The van der Waals surface area contributed by atoms with E-state index in [0.29, 0.717) is 0 Å². The summed E-state index contributed by atoms with van der Waals surface area (Å²) in [5, 5.41) is 0. The summed E-state index contributed by atoms with van der Waals surface area (Å²) in [4.78, 5) is 0. The second kappa shape index (κ2) is 5.97. The summed E-state index contributed by atoms with van der Waals surface area (Å²) in [5.74, 6) is 1.96. The third-order valence-corrected chi connectivity index (χ3v) is 2.68. The third kappa shape index (κ3) is 3.26. The highest BCUT2D eigenvalue weighted by Gasteiger charge is 2.00. The Kier molecular flexibility index (Phi) is 4.88. The van der Waals surface area contributed by atoms with Crippen LogP contribution in [0.3, 0.4) is 0 Å². The first-order chi connectivity index (χ1) is 6.75. The van der Waals surface area contributed by atoms with Crippen molar-refractivity contribution in [3.8, 4) is 5.75 Å². The molecule has 0 aliphatic rings. The van der Waals surface area contributed by atoms with Crippen molar-refractivity contribution in [3.63, 3.8) is 0 Å². The number of rotatable bonds is 5. The molecular formula is C12H18OS. The van der Waals surface area contributed by atoms with Crippen LogP contribution in [0, 0.1) is 13.8 Å². The van der Waals surface area contributed by atoms with Gasteiger partial charge in [0.15, 0.2) is 0 Å². The first kappa shape index (κ1) is 11.4. The monoisotopic (exact) mass is 210 g/mol. The van der Waals surface area contributed by atoms with Crippen molar-refractivity contribution in [3.05, 3.63) is 29.3 Å². The van der Waals surface area contributed by atoms with E-state index in [1.165, 1.54) is 11.1 Å². The molecule has 0 radical (unpaired) electrons. The SMILES string of the molecule is Cc1cccc(OCCCCS)c1C. The zero-order chi connectivity index (χ0) is 10.4. The van der Waals surface area contributed by atoms with Gasteiger partial charge in [0.1, 0.15) is 5.75 Å². The van der Waals surface area contributed by atoms with Crippen LogP contribution >= 0.6 is 12.6 Å². The van der Waals surface area contributed by atoms with Crippen LogP contribution in [-0.4, -0.2) is 12.4 Å². The maximum Gasteiger partial charge on any atom is 0.122 e. The van der Waals surface area contributed by atoms with Crippen molar-refractivity contribution in [2.75, 3.05) is 12.4 Å². The Morgan fingerprint density at radius 1 is 1.21 bits per heavy atom. The summed E-state index contributed by atoms with van der Waals surface area (Å²) in [5.41, 5.74) is 2.54. The molecule has 0 spiro atoms. The Balaban J connectivity index is 2.46. The Labute approximate surface area is 91.9 Å². The van der Waals surface area contributed by atoms with Crippen LogP contribution in [0.1, 0.15) is 24.0 Å². The topological polar surface area (TPSA) is 9.23 Å². The van der Waals surface area contributed by atoms with Crippen molar-refractivity contribution in [1.82, 2.24) is 0 Å². The smallest absolute Gasteiger partial charge is 0.122 e. The molecule has 0 fully saturated rings. The molecule has 0 N–H and O–H groups in total. The highest BCUT2D eigenvalue weighted by molar-refractivity contribution is 7.80. The van der Waals surface area contributed by atoms with Gasteiger partial charge >= 0.3 is 0 Å². The van der Waals surface area contributed by atoms with Gasteiger partial charge in [-0.2, -0.15) is 12.6 Å². The maximum atomic E-state index is 5.69. The van der Waals surface area contributed by atoms with E-state index >= 15 is 0 Å². The molecule has 0 atom stereocenters. The molecule has 1 nitrogen and oxygen atoms in total. The fourth-order valence-corrected chi connectivity index (χ4v) is 1.50. The normalized spacial score (nSPS) is 10.2. The van der Waals surface area contributed by atoms with E-state index < -0.39 is 0 Å². The summed E-state index contributed by atoms with van der Waals surface area (Å²) in [7, 11) is 0. The molecule has 2 heteroatoms. The Morgan fingerprint density at radius 2 is 2.00 bits per heavy atom. The largest absolute Gasteiger partial charge is 0.493 e. The van der Waals surface area contributed by atoms with Crippen LogP contribution in [0.2, 0.25) is 0 Å². The van der Waals surface area contributed by atoms with Crippen LogP contribution in [0.5, 0.6) is 5.75 Å². The number of ether oxygens (including phenoxy) is 1. The molecule has 1 aromatic carbocycles. The molecule has 14 heavy (non-hydrogen) atoms. The van der Waals surface area contributed by atoms with E-state index in [1.807, 2.05) is 12.1 Å². The molecule has 0 saturated heterocycles. The molecule has 0 saturated carbocycles. The summed E-state index contributed by atoms with van der Waals surface area (Å²) < 4.78 is 5.69. The van der Waals surface area contributed by atoms with Gasteiger partial charge < -0.3 is 4.74 Å². The molecule has 0 aliphatic heterocycles. The second-order valence-electron chi connectivity index (χ2n) is 3.48. The van der Waals surface area contributed by atoms with Gasteiger partial charge in [-0.25, -0.2) is 0 Å². The molecule has 78 valence electrons. The van der Waals surface area contributed by atoms with Crippen molar-refractivity contribution in [2.45, 2.75) is 26.7 Å². The first-order valence-corrected chi connectivity index (χ1v) is 5.69.